The zero-order chi connectivity index (χ0) is 18.7. The van der Waals surface area contributed by atoms with E-state index in [4.69, 9.17) is 16.3 Å². The number of pyridine rings is 1. The Morgan fingerprint density at radius 1 is 1.31 bits per heavy atom. The van der Waals surface area contributed by atoms with Crippen LogP contribution in [0.4, 0.5) is 4.39 Å². The van der Waals surface area contributed by atoms with E-state index in [-0.39, 0.29) is 17.5 Å². The first-order valence-corrected chi connectivity index (χ1v) is 8.51. The van der Waals surface area contributed by atoms with E-state index in [1.165, 1.54) is 18.3 Å². The lowest BCUT2D eigenvalue weighted by atomic mass is 10.1. The number of carbonyl (C=O) groups excluding carboxylic acids is 1. The first kappa shape index (κ1) is 18.1. The third-order valence-electron chi connectivity index (χ3n) is 3.94. The molecule has 0 saturated heterocycles. The molecule has 1 aromatic carbocycles. The monoisotopic (exact) mass is 373 g/mol. The van der Waals surface area contributed by atoms with Crippen molar-refractivity contribution >= 4 is 17.6 Å². The highest BCUT2D eigenvalue weighted by molar-refractivity contribution is 6.30. The van der Waals surface area contributed by atoms with Gasteiger partial charge in [0.05, 0.1) is 11.7 Å². The van der Waals surface area contributed by atoms with Crippen LogP contribution in [0.2, 0.25) is 5.02 Å². The second kappa shape index (κ2) is 7.66. The summed E-state index contributed by atoms with van der Waals surface area (Å²) in [5.74, 6) is -1.44. The highest BCUT2D eigenvalue weighted by Gasteiger charge is 2.22. The fourth-order valence-corrected chi connectivity index (χ4v) is 2.84. The van der Waals surface area contributed by atoms with Crippen molar-refractivity contribution in [2.45, 2.75) is 26.3 Å². The van der Waals surface area contributed by atoms with Crippen molar-refractivity contribution in [2.75, 3.05) is 0 Å². The van der Waals surface area contributed by atoms with Crippen molar-refractivity contribution in [3.63, 3.8) is 0 Å². The molecule has 0 spiro atoms. The molecule has 0 N–H and O–H groups in total. The minimum absolute atomic E-state index is 0.150. The predicted molar refractivity (Wildman–Crippen MR) is 96.0 cm³/mol. The summed E-state index contributed by atoms with van der Waals surface area (Å²) in [6.45, 7) is 3.80. The number of aryl methyl sites for hydroxylation is 1. The number of hydrogen-bond donors (Lipinski definition) is 0. The number of ether oxygens (including phenoxy) is 1. The Hall–Kier alpha value is -2.73. The number of aromatic nitrogens is 3. The molecular weight excluding hydrogens is 357 g/mol. The third-order valence-corrected chi connectivity index (χ3v) is 4.19. The van der Waals surface area contributed by atoms with E-state index < -0.39 is 11.9 Å². The van der Waals surface area contributed by atoms with Crippen molar-refractivity contribution in [3.8, 4) is 5.88 Å². The minimum atomic E-state index is -0.870. The average Bonchev–Trinajstić information content (AvgIpc) is 2.97. The van der Waals surface area contributed by atoms with Crippen molar-refractivity contribution in [2.24, 2.45) is 0 Å². The van der Waals surface area contributed by atoms with Crippen LogP contribution >= 0.6 is 11.6 Å². The van der Waals surface area contributed by atoms with Crippen LogP contribution in [0.15, 0.2) is 48.7 Å². The fraction of sp³-hybridized carbons (Fsp3) is 0.211. The van der Waals surface area contributed by atoms with Gasteiger partial charge in [0.1, 0.15) is 5.56 Å². The summed E-state index contributed by atoms with van der Waals surface area (Å²) in [5, 5.41) is 5.08. The predicted octanol–water partition coefficient (Wildman–Crippen LogP) is 4.60. The molecular formula is C19H17ClFN3O2. The molecule has 7 heteroatoms. The maximum absolute atomic E-state index is 13.7. The summed E-state index contributed by atoms with van der Waals surface area (Å²) < 4.78 is 20.8. The molecule has 2 aromatic heterocycles. The molecule has 0 aliphatic heterocycles. The van der Waals surface area contributed by atoms with Gasteiger partial charge in [-0.2, -0.15) is 9.49 Å². The Balaban J connectivity index is 1.93. The van der Waals surface area contributed by atoms with Crippen LogP contribution in [-0.4, -0.2) is 20.7 Å². The molecule has 0 saturated carbocycles. The van der Waals surface area contributed by atoms with Crippen molar-refractivity contribution in [3.05, 3.63) is 76.5 Å². The van der Waals surface area contributed by atoms with Crippen molar-refractivity contribution in [1.82, 2.24) is 14.8 Å². The largest absolute Gasteiger partial charge is 0.404 e. The SMILES string of the molecule is CCC(c1ccc(Cl)cc1)n1nc(C)cc1OC(=O)c1cccnc1F. The number of nitrogens with zero attached hydrogens (tertiary/aromatic N) is 3. The van der Waals surface area contributed by atoms with Crippen LogP contribution in [0.1, 0.15) is 41.0 Å². The van der Waals surface area contributed by atoms with Gasteiger partial charge in [0.2, 0.25) is 11.8 Å². The molecule has 5 nitrogen and oxygen atoms in total. The standard InChI is InChI=1S/C19H17ClFN3O2/c1-3-16(13-6-8-14(20)9-7-13)24-17(11-12(2)23-24)26-19(25)15-5-4-10-22-18(15)21/h4-11,16H,3H2,1-2H3. The molecule has 0 radical (unpaired) electrons. The Morgan fingerprint density at radius 2 is 2.04 bits per heavy atom. The third kappa shape index (κ3) is 3.75. The van der Waals surface area contributed by atoms with E-state index in [2.05, 4.69) is 10.1 Å². The summed E-state index contributed by atoms with van der Waals surface area (Å²) in [4.78, 5) is 15.8. The summed E-state index contributed by atoms with van der Waals surface area (Å²) in [7, 11) is 0. The molecule has 3 aromatic rings. The van der Waals surface area contributed by atoms with Gasteiger partial charge in [-0.25, -0.2) is 14.5 Å². The lowest BCUT2D eigenvalue weighted by Gasteiger charge is -2.18. The maximum atomic E-state index is 13.7. The number of rotatable bonds is 5. The number of benzene rings is 1. The topological polar surface area (TPSA) is 57.0 Å². The molecule has 0 aliphatic rings. The molecule has 0 bridgehead atoms. The molecule has 26 heavy (non-hydrogen) atoms. The van der Waals surface area contributed by atoms with Gasteiger partial charge >= 0.3 is 5.97 Å². The zero-order valence-corrected chi connectivity index (χ0v) is 15.1. The summed E-state index contributed by atoms with van der Waals surface area (Å²) in [5.41, 5.74) is 1.44. The highest BCUT2D eigenvalue weighted by atomic mass is 35.5. The van der Waals surface area contributed by atoms with Crippen LogP contribution in [0, 0.1) is 12.9 Å². The molecule has 3 rings (SSSR count). The van der Waals surface area contributed by atoms with E-state index in [1.807, 2.05) is 19.1 Å². The first-order valence-electron chi connectivity index (χ1n) is 8.14. The molecule has 0 fully saturated rings. The number of esters is 1. The van der Waals surface area contributed by atoms with Gasteiger partial charge in [0.25, 0.3) is 0 Å². The quantitative estimate of drug-likeness (QED) is 0.484. The second-order valence-electron chi connectivity index (χ2n) is 5.78. The second-order valence-corrected chi connectivity index (χ2v) is 6.21. The fourth-order valence-electron chi connectivity index (χ4n) is 2.72. The van der Waals surface area contributed by atoms with E-state index in [9.17, 15) is 9.18 Å². The molecule has 2 heterocycles. The van der Waals surface area contributed by atoms with Gasteiger partial charge in [0, 0.05) is 17.3 Å². The van der Waals surface area contributed by atoms with Crippen LogP contribution < -0.4 is 4.74 Å². The van der Waals surface area contributed by atoms with Crippen LogP contribution in [0.3, 0.4) is 0 Å². The first-order chi connectivity index (χ1) is 12.5. The Bertz CT molecular complexity index is 925. The van der Waals surface area contributed by atoms with Gasteiger partial charge in [-0.3, -0.25) is 0 Å². The van der Waals surface area contributed by atoms with E-state index in [1.54, 1.807) is 29.8 Å². The molecule has 0 aliphatic carbocycles. The van der Waals surface area contributed by atoms with Gasteiger partial charge in [0.15, 0.2) is 0 Å². The Labute approximate surface area is 155 Å². The molecule has 0 amide bonds. The molecule has 1 atom stereocenters. The Kier molecular flexibility index (Phi) is 5.32. The minimum Gasteiger partial charge on any atom is -0.404 e. The molecule has 1 unspecified atom stereocenters. The summed E-state index contributed by atoms with van der Waals surface area (Å²) >= 11 is 5.96. The normalized spacial score (nSPS) is 12.0. The van der Waals surface area contributed by atoms with Crippen LogP contribution in [-0.2, 0) is 0 Å². The van der Waals surface area contributed by atoms with Gasteiger partial charge < -0.3 is 4.74 Å². The van der Waals surface area contributed by atoms with Crippen molar-refractivity contribution < 1.29 is 13.9 Å². The van der Waals surface area contributed by atoms with Gasteiger partial charge in [-0.1, -0.05) is 30.7 Å². The number of hydrogen-bond acceptors (Lipinski definition) is 4. The highest BCUT2D eigenvalue weighted by Crippen LogP contribution is 2.28. The van der Waals surface area contributed by atoms with Gasteiger partial charge in [-0.05, 0) is 43.2 Å². The summed E-state index contributed by atoms with van der Waals surface area (Å²) in [6.07, 6.45) is 1.99. The smallest absolute Gasteiger partial charge is 0.349 e. The van der Waals surface area contributed by atoms with Crippen molar-refractivity contribution in [1.29, 1.82) is 0 Å². The lowest BCUT2D eigenvalue weighted by Crippen LogP contribution is -2.18. The zero-order valence-electron chi connectivity index (χ0n) is 14.3. The van der Waals surface area contributed by atoms with Crippen LogP contribution in [0.5, 0.6) is 5.88 Å². The summed E-state index contributed by atoms with van der Waals surface area (Å²) in [6, 6.07) is 11.7. The maximum Gasteiger partial charge on any atom is 0.349 e. The average molecular weight is 374 g/mol. The van der Waals surface area contributed by atoms with E-state index >= 15 is 0 Å². The van der Waals surface area contributed by atoms with Crippen LogP contribution in [0.25, 0.3) is 0 Å². The molecule has 134 valence electrons. The Morgan fingerprint density at radius 3 is 2.69 bits per heavy atom. The number of halogens is 2. The van der Waals surface area contributed by atoms with E-state index in [0.29, 0.717) is 17.1 Å². The lowest BCUT2D eigenvalue weighted by molar-refractivity contribution is 0.0710. The van der Waals surface area contributed by atoms with Gasteiger partial charge in [-0.15, -0.1) is 0 Å². The number of carbonyl (C=O) groups is 1. The van der Waals surface area contributed by atoms with E-state index in [0.717, 1.165) is 5.56 Å².